The van der Waals surface area contributed by atoms with Crippen LogP contribution >= 0.6 is 0 Å². The second-order valence-electron chi connectivity index (χ2n) is 10.5. The van der Waals surface area contributed by atoms with Crippen molar-refractivity contribution in [2.24, 2.45) is 0 Å². The van der Waals surface area contributed by atoms with E-state index in [0.717, 1.165) is 40.7 Å². The van der Waals surface area contributed by atoms with Crippen molar-refractivity contribution < 1.29 is 13.2 Å². The van der Waals surface area contributed by atoms with Crippen LogP contribution in [0, 0.1) is 20.8 Å². The molecule has 0 saturated carbocycles. The number of aryl methyl sites for hydroxylation is 3. The molecule has 1 aliphatic rings. The van der Waals surface area contributed by atoms with Crippen molar-refractivity contribution in [2.45, 2.75) is 57.5 Å². The van der Waals surface area contributed by atoms with Gasteiger partial charge in [-0.15, -0.1) is 0 Å². The first kappa shape index (κ1) is 29.0. The van der Waals surface area contributed by atoms with Gasteiger partial charge in [0, 0.05) is 6.54 Å². The summed E-state index contributed by atoms with van der Waals surface area (Å²) in [6, 6.07) is 22.8. The van der Waals surface area contributed by atoms with Crippen LogP contribution in [0.5, 0.6) is 0 Å². The molecule has 0 aliphatic heterocycles. The summed E-state index contributed by atoms with van der Waals surface area (Å²) in [6.45, 7) is 9.56. The highest BCUT2D eigenvalue weighted by Gasteiger charge is 2.31. The Morgan fingerprint density at radius 2 is 1.38 bits per heavy atom. The van der Waals surface area contributed by atoms with E-state index in [4.69, 9.17) is 4.74 Å². The molecule has 206 valence electrons. The third-order valence-electron chi connectivity index (χ3n) is 7.13. The Bertz CT molecular complexity index is 1390. The summed E-state index contributed by atoms with van der Waals surface area (Å²) in [4.78, 5) is 0.342. The maximum absolute atomic E-state index is 13.9. The Kier molecular flexibility index (Phi) is 9.92. The van der Waals surface area contributed by atoms with Crippen LogP contribution < -0.4 is 10.0 Å². The fourth-order valence-corrected chi connectivity index (χ4v) is 6.97. The monoisotopic (exact) mass is 544 g/mol. The van der Waals surface area contributed by atoms with Gasteiger partial charge in [0.2, 0.25) is 10.0 Å². The van der Waals surface area contributed by atoms with E-state index in [0.29, 0.717) is 24.7 Å². The molecule has 2 atom stereocenters. The van der Waals surface area contributed by atoms with E-state index in [2.05, 4.69) is 29.1 Å². The number of allylic oxidation sites excluding steroid dienone is 3. The third-order valence-corrected chi connectivity index (χ3v) is 8.88. The quantitative estimate of drug-likeness (QED) is 0.198. The molecule has 39 heavy (non-hydrogen) atoms. The van der Waals surface area contributed by atoms with E-state index in [-0.39, 0.29) is 6.04 Å². The Labute approximate surface area is 234 Å². The number of rotatable bonds is 12. The van der Waals surface area contributed by atoms with Crippen LogP contribution in [0.4, 0.5) is 0 Å². The normalized spacial score (nSPS) is 15.4. The molecule has 1 aliphatic carbocycles. The van der Waals surface area contributed by atoms with Crippen LogP contribution in [0.3, 0.4) is 0 Å². The van der Waals surface area contributed by atoms with Gasteiger partial charge in [0.1, 0.15) is 0 Å². The van der Waals surface area contributed by atoms with Gasteiger partial charge in [-0.25, -0.2) is 13.1 Å². The number of sulfonamides is 1. The third kappa shape index (κ3) is 7.76. The lowest BCUT2D eigenvalue weighted by Gasteiger charge is -2.30. The summed E-state index contributed by atoms with van der Waals surface area (Å²) in [6.07, 6.45) is 6.45. The van der Waals surface area contributed by atoms with Crippen LogP contribution in [0.15, 0.2) is 101 Å². The van der Waals surface area contributed by atoms with Gasteiger partial charge >= 0.3 is 0 Å². The molecule has 0 saturated heterocycles. The van der Waals surface area contributed by atoms with E-state index < -0.39 is 16.1 Å². The van der Waals surface area contributed by atoms with Crippen molar-refractivity contribution in [3.63, 3.8) is 0 Å². The number of hydrogen-bond donors (Lipinski definition) is 2. The lowest BCUT2D eigenvalue weighted by molar-refractivity contribution is 0.152. The fourth-order valence-electron chi connectivity index (χ4n) is 5.28. The first-order valence-electron chi connectivity index (χ1n) is 13.6. The first-order chi connectivity index (χ1) is 18.7. The highest BCUT2D eigenvalue weighted by Crippen LogP contribution is 2.32. The summed E-state index contributed by atoms with van der Waals surface area (Å²) in [5.74, 6) is 0. The van der Waals surface area contributed by atoms with Gasteiger partial charge in [0.05, 0.1) is 30.2 Å². The summed E-state index contributed by atoms with van der Waals surface area (Å²) in [5, 5.41) is 3.61. The maximum atomic E-state index is 13.9. The number of nitrogens with one attached hydrogen (secondary N) is 2. The predicted molar refractivity (Wildman–Crippen MR) is 159 cm³/mol. The lowest BCUT2D eigenvalue weighted by atomic mass is 9.94. The second kappa shape index (κ2) is 13.4. The predicted octanol–water partition coefficient (Wildman–Crippen LogP) is 6.65. The highest BCUT2D eigenvalue weighted by atomic mass is 32.2. The summed E-state index contributed by atoms with van der Waals surface area (Å²) >= 11 is 0. The van der Waals surface area contributed by atoms with E-state index >= 15 is 0 Å². The zero-order valence-electron chi connectivity index (χ0n) is 23.4. The van der Waals surface area contributed by atoms with Crippen LogP contribution in [-0.4, -0.2) is 28.2 Å². The molecule has 6 heteroatoms. The fraction of sp³-hybridized carbons (Fsp3) is 0.333. The highest BCUT2D eigenvalue weighted by molar-refractivity contribution is 7.89. The van der Waals surface area contributed by atoms with Crippen molar-refractivity contribution in [3.8, 4) is 0 Å². The lowest BCUT2D eigenvalue weighted by Crippen LogP contribution is -2.40. The topological polar surface area (TPSA) is 67.4 Å². The number of benzene rings is 3. The van der Waals surface area contributed by atoms with Gasteiger partial charge in [-0.2, -0.15) is 0 Å². The van der Waals surface area contributed by atoms with Gasteiger partial charge < -0.3 is 10.1 Å². The van der Waals surface area contributed by atoms with Crippen LogP contribution in [0.25, 0.3) is 0 Å². The van der Waals surface area contributed by atoms with Crippen molar-refractivity contribution in [1.29, 1.82) is 0 Å². The van der Waals surface area contributed by atoms with Gasteiger partial charge in [-0.3, -0.25) is 0 Å². The average Bonchev–Trinajstić information content (AvgIpc) is 2.91. The molecule has 2 N–H and O–H groups in total. The van der Waals surface area contributed by atoms with E-state index in [9.17, 15) is 8.42 Å². The minimum absolute atomic E-state index is 0.308. The van der Waals surface area contributed by atoms with Crippen LogP contribution in [-0.2, 0) is 14.8 Å². The zero-order chi connectivity index (χ0) is 27.8. The molecule has 0 bridgehead atoms. The molecule has 0 radical (unpaired) electrons. The Morgan fingerprint density at radius 1 is 0.795 bits per heavy atom. The smallest absolute Gasteiger partial charge is 0.241 e. The molecule has 2 unspecified atom stereocenters. The molecule has 0 aromatic heterocycles. The summed E-state index contributed by atoms with van der Waals surface area (Å²) < 4.78 is 36.9. The van der Waals surface area contributed by atoms with Crippen LogP contribution in [0.2, 0.25) is 0 Å². The van der Waals surface area contributed by atoms with Crippen molar-refractivity contribution >= 4 is 10.0 Å². The molecule has 3 aromatic carbocycles. The average molecular weight is 545 g/mol. The number of hydrogen-bond acceptors (Lipinski definition) is 4. The van der Waals surface area contributed by atoms with E-state index in [1.54, 1.807) is 0 Å². The molecule has 0 amide bonds. The minimum Gasteiger partial charge on any atom is -0.376 e. The van der Waals surface area contributed by atoms with E-state index in [1.165, 1.54) is 11.1 Å². The summed E-state index contributed by atoms with van der Waals surface area (Å²) in [7, 11) is -3.83. The molecule has 0 heterocycles. The molecule has 0 spiro atoms. The maximum Gasteiger partial charge on any atom is 0.241 e. The van der Waals surface area contributed by atoms with Gasteiger partial charge in [-0.05, 0) is 68.4 Å². The number of ether oxygens (including phenoxy) is 1. The summed E-state index contributed by atoms with van der Waals surface area (Å²) in [5.41, 5.74) is 7.12. The minimum atomic E-state index is -3.83. The van der Waals surface area contributed by atoms with Gasteiger partial charge in [-0.1, -0.05) is 96.1 Å². The second-order valence-corrected chi connectivity index (χ2v) is 12.1. The Morgan fingerprint density at radius 3 is 1.95 bits per heavy atom. The first-order valence-corrected chi connectivity index (χ1v) is 15.1. The molecule has 0 fully saturated rings. The molecular formula is C33H40N2O3S. The van der Waals surface area contributed by atoms with Crippen LogP contribution in [0.1, 0.15) is 59.7 Å². The van der Waals surface area contributed by atoms with Gasteiger partial charge in [0.25, 0.3) is 0 Å². The van der Waals surface area contributed by atoms with E-state index in [1.807, 2.05) is 93.6 Å². The van der Waals surface area contributed by atoms with Crippen molar-refractivity contribution in [2.75, 3.05) is 19.8 Å². The van der Waals surface area contributed by atoms with Crippen molar-refractivity contribution in [3.05, 3.63) is 124 Å². The van der Waals surface area contributed by atoms with Crippen molar-refractivity contribution in [1.82, 2.24) is 10.0 Å². The van der Waals surface area contributed by atoms with Gasteiger partial charge in [0.15, 0.2) is 0 Å². The molecule has 3 aromatic rings. The largest absolute Gasteiger partial charge is 0.376 e. The Balaban J connectivity index is 1.58. The standard InChI is InChI=1S/C33H40N2O3S/c1-24-15-17-28(18-16-24)23-38-20-19-34-31(29-11-7-5-8-12-29)32(30-13-9-6-10-14-30)35-39(36,37)33-26(3)21-25(2)22-27(33)4/h5-15,18,21-22,31-32,34-35H,16-17,19-20,23H2,1-4H3. The Hall–Kier alpha value is -3.03. The molecular weight excluding hydrogens is 504 g/mol. The SMILES string of the molecule is CC1=CCC(COCCNC(c2ccccc2)C(NS(=O)(=O)c2c(C)cc(C)cc2C)c2ccccc2)=CC1. The molecule has 5 nitrogen and oxygen atoms in total. The zero-order valence-corrected chi connectivity index (χ0v) is 24.2. The molecule has 4 rings (SSSR count).